The largest absolute Gasteiger partial charge is 0.458 e. The second-order valence-corrected chi connectivity index (χ2v) is 5.35. The molecule has 2 rings (SSSR count). The number of nitrogens with zero attached hydrogens (tertiary/aromatic N) is 1. The van der Waals surface area contributed by atoms with Crippen LogP contribution in [0.1, 0.15) is 32.4 Å². The Labute approximate surface area is 122 Å². The predicted molar refractivity (Wildman–Crippen MR) is 80.7 cm³/mol. The number of nitrogens with one attached hydrogen (secondary N) is 2. The van der Waals surface area contributed by atoms with Gasteiger partial charge >= 0.3 is 0 Å². The van der Waals surface area contributed by atoms with Crippen LogP contribution in [0.15, 0.2) is 21.9 Å². The molecule has 0 saturated heterocycles. The van der Waals surface area contributed by atoms with Crippen molar-refractivity contribution < 1.29 is 9.21 Å². The first-order valence-corrected chi connectivity index (χ1v) is 7.60. The lowest BCUT2D eigenvalue weighted by atomic mass is 10.3. The summed E-state index contributed by atoms with van der Waals surface area (Å²) in [5.74, 6) is 1.38. The Bertz CT molecular complexity index is 562. The number of rotatable bonds is 7. The standard InChI is InChI=1S/C14H19N3O2S/c1-3-4-7-15-14-17-12(9-20-14)13-6-5-11(19-13)8-16-10(2)18/h5-6,9H,3-4,7-8H2,1-2H3,(H,15,17)(H,16,18). The van der Waals surface area contributed by atoms with Gasteiger partial charge in [-0.2, -0.15) is 0 Å². The highest BCUT2D eigenvalue weighted by Crippen LogP contribution is 2.26. The number of thiazole rings is 1. The molecule has 2 aromatic heterocycles. The van der Waals surface area contributed by atoms with Crippen LogP contribution in [0.4, 0.5) is 5.13 Å². The molecule has 108 valence electrons. The third-order valence-corrected chi connectivity index (χ3v) is 3.54. The molecule has 0 bridgehead atoms. The van der Waals surface area contributed by atoms with Crippen LogP contribution in [0.5, 0.6) is 0 Å². The van der Waals surface area contributed by atoms with Crippen molar-refractivity contribution in [2.75, 3.05) is 11.9 Å². The van der Waals surface area contributed by atoms with E-state index in [-0.39, 0.29) is 5.91 Å². The first-order valence-electron chi connectivity index (χ1n) is 6.72. The number of aromatic nitrogens is 1. The molecule has 6 heteroatoms. The van der Waals surface area contributed by atoms with Crippen LogP contribution in [0, 0.1) is 0 Å². The minimum atomic E-state index is -0.0704. The molecule has 2 N–H and O–H groups in total. The average molecular weight is 293 g/mol. The van der Waals surface area contributed by atoms with Gasteiger partial charge in [-0.15, -0.1) is 11.3 Å². The quantitative estimate of drug-likeness (QED) is 0.769. The van der Waals surface area contributed by atoms with Gasteiger partial charge in [0.25, 0.3) is 0 Å². The summed E-state index contributed by atoms with van der Waals surface area (Å²) in [6.45, 7) is 4.99. The van der Waals surface area contributed by atoms with Crippen LogP contribution >= 0.6 is 11.3 Å². The van der Waals surface area contributed by atoms with Gasteiger partial charge in [0.05, 0.1) is 6.54 Å². The SMILES string of the molecule is CCCCNc1nc(-c2ccc(CNC(C)=O)o2)cs1. The number of unbranched alkanes of at least 4 members (excludes halogenated alkanes) is 1. The molecule has 0 radical (unpaired) electrons. The van der Waals surface area contributed by atoms with Crippen molar-refractivity contribution in [1.29, 1.82) is 0 Å². The molecule has 0 spiro atoms. The lowest BCUT2D eigenvalue weighted by molar-refractivity contribution is -0.119. The lowest BCUT2D eigenvalue weighted by Crippen LogP contribution is -2.18. The maximum Gasteiger partial charge on any atom is 0.217 e. The second kappa shape index (κ2) is 7.09. The molecular formula is C14H19N3O2S. The number of furan rings is 1. The Hall–Kier alpha value is -1.82. The summed E-state index contributed by atoms with van der Waals surface area (Å²) in [5.41, 5.74) is 0.822. The van der Waals surface area contributed by atoms with Gasteiger partial charge in [-0.1, -0.05) is 13.3 Å². The third-order valence-electron chi connectivity index (χ3n) is 2.74. The molecule has 0 aliphatic heterocycles. The summed E-state index contributed by atoms with van der Waals surface area (Å²) < 4.78 is 5.66. The van der Waals surface area contributed by atoms with E-state index in [0.29, 0.717) is 6.54 Å². The summed E-state index contributed by atoms with van der Waals surface area (Å²) in [7, 11) is 0. The number of amides is 1. The number of anilines is 1. The summed E-state index contributed by atoms with van der Waals surface area (Å²) >= 11 is 1.57. The lowest BCUT2D eigenvalue weighted by Gasteiger charge is -1.99. The Morgan fingerprint density at radius 2 is 2.30 bits per heavy atom. The molecule has 5 nitrogen and oxygen atoms in total. The predicted octanol–water partition coefficient (Wildman–Crippen LogP) is 3.25. The fourth-order valence-corrected chi connectivity index (χ4v) is 2.39. The van der Waals surface area contributed by atoms with Crippen LogP contribution in [-0.4, -0.2) is 17.4 Å². The maximum absolute atomic E-state index is 10.9. The molecule has 20 heavy (non-hydrogen) atoms. The minimum absolute atomic E-state index is 0.0704. The van der Waals surface area contributed by atoms with Gasteiger partial charge in [0.2, 0.25) is 5.91 Å². The summed E-state index contributed by atoms with van der Waals surface area (Å²) in [5, 5.41) is 8.87. The van der Waals surface area contributed by atoms with Gasteiger partial charge in [-0.25, -0.2) is 4.98 Å². The zero-order chi connectivity index (χ0) is 14.4. The second-order valence-electron chi connectivity index (χ2n) is 4.49. The van der Waals surface area contributed by atoms with Crippen LogP contribution in [0.3, 0.4) is 0 Å². The van der Waals surface area contributed by atoms with Gasteiger partial charge in [0.15, 0.2) is 10.9 Å². The Morgan fingerprint density at radius 3 is 3.05 bits per heavy atom. The molecule has 0 fully saturated rings. The van der Waals surface area contributed by atoms with Crippen LogP contribution < -0.4 is 10.6 Å². The molecule has 2 aromatic rings. The molecular weight excluding hydrogens is 274 g/mol. The fraction of sp³-hybridized carbons (Fsp3) is 0.429. The Balaban J connectivity index is 1.95. The molecule has 0 aliphatic rings. The zero-order valence-corrected chi connectivity index (χ0v) is 12.5. The highest BCUT2D eigenvalue weighted by Gasteiger charge is 2.09. The molecule has 0 unspecified atom stereocenters. The van der Waals surface area contributed by atoms with E-state index in [4.69, 9.17) is 4.42 Å². The smallest absolute Gasteiger partial charge is 0.217 e. The van der Waals surface area contributed by atoms with E-state index in [1.165, 1.54) is 6.92 Å². The topological polar surface area (TPSA) is 67.2 Å². The van der Waals surface area contributed by atoms with Gasteiger partial charge in [-0.05, 0) is 18.6 Å². The van der Waals surface area contributed by atoms with E-state index in [1.54, 1.807) is 11.3 Å². The zero-order valence-electron chi connectivity index (χ0n) is 11.7. The highest BCUT2D eigenvalue weighted by atomic mass is 32.1. The highest BCUT2D eigenvalue weighted by molar-refractivity contribution is 7.14. The first kappa shape index (κ1) is 14.6. The van der Waals surface area contributed by atoms with E-state index in [2.05, 4.69) is 22.5 Å². The number of carbonyl (C=O) groups excluding carboxylic acids is 1. The minimum Gasteiger partial charge on any atom is -0.458 e. The van der Waals surface area contributed by atoms with Crippen molar-refractivity contribution in [3.05, 3.63) is 23.3 Å². The fourth-order valence-electron chi connectivity index (χ4n) is 1.66. The van der Waals surface area contributed by atoms with Gasteiger partial charge in [0, 0.05) is 18.8 Å². The number of hydrogen-bond acceptors (Lipinski definition) is 5. The monoisotopic (exact) mass is 293 g/mol. The van der Waals surface area contributed by atoms with Crippen LogP contribution in [0.25, 0.3) is 11.5 Å². The summed E-state index contributed by atoms with van der Waals surface area (Å²) in [6, 6.07) is 3.73. The van der Waals surface area contributed by atoms with Crippen molar-refractivity contribution in [1.82, 2.24) is 10.3 Å². The molecule has 1 amide bonds. The summed E-state index contributed by atoms with van der Waals surface area (Å²) in [6.07, 6.45) is 2.30. The van der Waals surface area contributed by atoms with Gasteiger partial charge < -0.3 is 15.1 Å². The Kier molecular flexibility index (Phi) is 5.17. The third kappa shape index (κ3) is 4.09. The molecule has 0 aromatic carbocycles. The van der Waals surface area contributed by atoms with E-state index in [0.717, 1.165) is 41.7 Å². The Morgan fingerprint density at radius 1 is 1.45 bits per heavy atom. The normalized spacial score (nSPS) is 10.5. The van der Waals surface area contributed by atoms with Crippen molar-refractivity contribution in [3.63, 3.8) is 0 Å². The maximum atomic E-state index is 10.9. The molecule has 0 saturated carbocycles. The van der Waals surface area contributed by atoms with Gasteiger partial charge in [0.1, 0.15) is 11.5 Å². The van der Waals surface area contributed by atoms with E-state index in [1.807, 2.05) is 17.5 Å². The summed E-state index contributed by atoms with van der Waals surface area (Å²) in [4.78, 5) is 15.3. The van der Waals surface area contributed by atoms with E-state index < -0.39 is 0 Å². The average Bonchev–Trinajstić information content (AvgIpc) is 3.05. The molecule has 0 atom stereocenters. The van der Waals surface area contributed by atoms with Crippen molar-refractivity contribution in [2.45, 2.75) is 33.2 Å². The van der Waals surface area contributed by atoms with E-state index in [9.17, 15) is 4.79 Å². The first-order chi connectivity index (χ1) is 9.69. The van der Waals surface area contributed by atoms with Gasteiger partial charge in [-0.3, -0.25) is 4.79 Å². The number of carbonyl (C=O) groups is 1. The molecule has 2 heterocycles. The van der Waals surface area contributed by atoms with Crippen molar-refractivity contribution in [3.8, 4) is 11.5 Å². The van der Waals surface area contributed by atoms with Crippen molar-refractivity contribution >= 4 is 22.4 Å². The van der Waals surface area contributed by atoms with Crippen LogP contribution in [0.2, 0.25) is 0 Å². The molecule has 0 aliphatic carbocycles. The van der Waals surface area contributed by atoms with Crippen molar-refractivity contribution in [2.24, 2.45) is 0 Å². The van der Waals surface area contributed by atoms with E-state index >= 15 is 0 Å². The number of hydrogen-bond donors (Lipinski definition) is 2. The van der Waals surface area contributed by atoms with Crippen LogP contribution in [-0.2, 0) is 11.3 Å².